The Balaban J connectivity index is 2.58. The highest BCUT2D eigenvalue weighted by atomic mass is 79.9. The van der Waals surface area contributed by atoms with E-state index >= 15 is 0 Å². The van der Waals surface area contributed by atoms with Gasteiger partial charge in [0.15, 0.2) is 0 Å². The summed E-state index contributed by atoms with van der Waals surface area (Å²) in [7, 11) is 0. The fraction of sp³-hybridized carbons (Fsp3) is 0.600. The number of carbonyl (C=O) groups is 1. The second kappa shape index (κ2) is 6.23. The Morgan fingerprint density at radius 2 is 2.47 bits per heavy atom. The summed E-state index contributed by atoms with van der Waals surface area (Å²) < 4.78 is 0. The standard InChI is InChI=1S/C10H15BrN2OS/c1-3-8(4-5-11)13-10(14)9-7(2)12-6-15-9/h6,8H,3-5H2,1-2H3,(H,13,14). The summed E-state index contributed by atoms with van der Waals surface area (Å²) in [6, 6.07) is 0.248. The first-order valence-corrected chi connectivity index (χ1v) is 6.96. The maximum absolute atomic E-state index is 11.8. The van der Waals surface area contributed by atoms with Gasteiger partial charge in [0.2, 0.25) is 0 Å². The number of halogens is 1. The Morgan fingerprint density at radius 1 is 1.73 bits per heavy atom. The molecule has 0 spiro atoms. The Kier molecular flexibility index (Phi) is 5.25. The Bertz CT molecular complexity index is 327. The predicted molar refractivity (Wildman–Crippen MR) is 66.8 cm³/mol. The molecule has 0 aromatic carbocycles. The van der Waals surface area contributed by atoms with Crippen LogP contribution in [-0.4, -0.2) is 22.3 Å². The average Bonchev–Trinajstić information content (AvgIpc) is 2.63. The highest BCUT2D eigenvalue weighted by molar-refractivity contribution is 9.09. The first-order chi connectivity index (χ1) is 7.19. The zero-order chi connectivity index (χ0) is 11.3. The monoisotopic (exact) mass is 290 g/mol. The van der Waals surface area contributed by atoms with E-state index in [2.05, 4.69) is 33.2 Å². The minimum atomic E-state index is 0.00259. The fourth-order valence-electron chi connectivity index (χ4n) is 1.28. The second-order valence-electron chi connectivity index (χ2n) is 3.32. The number of amides is 1. The average molecular weight is 291 g/mol. The van der Waals surface area contributed by atoms with E-state index in [9.17, 15) is 4.79 Å². The van der Waals surface area contributed by atoms with Crippen LogP contribution in [0.2, 0.25) is 0 Å². The summed E-state index contributed by atoms with van der Waals surface area (Å²) in [6.07, 6.45) is 1.91. The zero-order valence-corrected chi connectivity index (χ0v) is 11.3. The summed E-state index contributed by atoms with van der Waals surface area (Å²) >= 11 is 4.78. The lowest BCUT2D eigenvalue weighted by Gasteiger charge is -2.14. The molecule has 0 bridgehead atoms. The quantitative estimate of drug-likeness (QED) is 0.848. The molecule has 5 heteroatoms. The van der Waals surface area contributed by atoms with Crippen LogP contribution in [0.3, 0.4) is 0 Å². The molecule has 1 aromatic heterocycles. The van der Waals surface area contributed by atoms with Crippen LogP contribution in [0.1, 0.15) is 35.1 Å². The summed E-state index contributed by atoms with van der Waals surface area (Å²) in [4.78, 5) is 16.6. The van der Waals surface area contributed by atoms with E-state index in [0.717, 1.165) is 28.7 Å². The number of nitrogens with one attached hydrogen (secondary N) is 1. The van der Waals surface area contributed by atoms with Crippen LogP contribution in [0.4, 0.5) is 0 Å². The lowest BCUT2D eigenvalue weighted by Crippen LogP contribution is -2.34. The van der Waals surface area contributed by atoms with Crippen molar-refractivity contribution in [2.45, 2.75) is 32.7 Å². The summed E-state index contributed by atoms with van der Waals surface area (Å²) in [5.74, 6) is 0.00259. The molecule has 3 nitrogen and oxygen atoms in total. The number of nitrogens with zero attached hydrogens (tertiary/aromatic N) is 1. The molecule has 0 saturated heterocycles. The molecule has 1 unspecified atom stereocenters. The maximum Gasteiger partial charge on any atom is 0.263 e. The molecule has 1 heterocycles. The van der Waals surface area contributed by atoms with Crippen LogP contribution in [0.15, 0.2) is 5.51 Å². The molecular weight excluding hydrogens is 276 g/mol. The molecule has 1 aromatic rings. The molecular formula is C10H15BrN2OS. The van der Waals surface area contributed by atoms with Gasteiger partial charge in [-0.1, -0.05) is 22.9 Å². The third kappa shape index (κ3) is 3.57. The molecule has 0 radical (unpaired) electrons. The van der Waals surface area contributed by atoms with Gasteiger partial charge in [-0.05, 0) is 19.8 Å². The molecule has 0 aliphatic carbocycles. The van der Waals surface area contributed by atoms with Gasteiger partial charge in [-0.15, -0.1) is 11.3 Å². The van der Waals surface area contributed by atoms with Gasteiger partial charge in [0, 0.05) is 11.4 Å². The highest BCUT2D eigenvalue weighted by Crippen LogP contribution is 2.12. The van der Waals surface area contributed by atoms with Crippen molar-refractivity contribution in [2.75, 3.05) is 5.33 Å². The van der Waals surface area contributed by atoms with Gasteiger partial charge in [-0.3, -0.25) is 4.79 Å². The zero-order valence-electron chi connectivity index (χ0n) is 8.92. The highest BCUT2D eigenvalue weighted by Gasteiger charge is 2.15. The first kappa shape index (κ1) is 12.6. The van der Waals surface area contributed by atoms with Gasteiger partial charge in [-0.25, -0.2) is 4.98 Å². The third-order valence-corrected chi connectivity index (χ3v) is 3.62. The van der Waals surface area contributed by atoms with Crippen molar-refractivity contribution < 1.29 is 4.79 Å². The number of aryl methyl sites for hydroxylation is 1. The van der Waals surface area contributed by atoms with Crippen LogP contribution in [0.25, 0.3) is 0 Å². The molecule has 0 aliphatic rings. The molecule has 0 aliphatic heterocycles. The molecule has 15 heavy (non-hydrogen) atoms. The number of hydrogen-bond donors (Lipinski definition) is 1. The first-order valence-electron chi connectivity index (χ1n) is 4.96. The summed E-state index contributed by atoms with van der Waals surface area (Å²) in [5.41, 5.74) is 2.52. The van der Waals surface area contributed by atoms with Crippen molar-refractivity contribution in [1.82, 2.24) is 10.3 Å². The summed E-state index contributed by atoms with van der Waals surface area (Å²) in [6.45, 7) is 3.93. The van der Waals surface area contributed by atoms with Gasteiger partial charge in [0.05, 0.1) is 11.2 Å². The van der Waals surface area contributed by atoms with Crippen molar-refractivity contribution in [1.29, 1.82) is 0 Å². The van der Waals surface area contributed by atoms with Gasteiger partial charge < -0.3 is 5.32 Å². The van der Waals surface area contributed by atoms with Gasteiger partial charge in [0.1, 0.15) is 4.88 Å². The molecule has 1 rings (SSSR count). The molecule has 1 amide bonds. The normalized spacial score (nSPS) is 12.5. The van der Waals surface area contributed by atoms with E-state index in [1.165, 1.54) is 11.3 Å². The molecule has 0 fully saturated rings. The number of thiazole rings is 1. The molecule has 1 atom stereocenters. The largest absolute Gasteiger partial charge is 0.349 e. The van der Waals surface area contributed by atoms with Crippen molar-refractivity contribution in [2.24, 2.45) is 0 Å². The summed E-state index contributed by atoms with van der Waals surface area (Å²) in [5, 5.41) is 3.92. The number of carbonyl (C=O) groups excluding carboxylic acids is 1. The smallest absolute Gasteiger partial charge is 0.263 e. The lowest BCUT2D eigenvalue weighted by atomic mass is 10.1. The molecule has 1 N–H and O–H groups in total. The Labute approximate surface area is 102 Å². The van der Waals surface area contributed by atoms with Crippen molar-refractivity contribution in [3.63, 3.8) is 0 Å². The number of aromatic nitrogens is 1. The van der Waals surface area contributed by atoms with Crippen molar-refractivity contribution >= 4 is 33.2 Å². The van der Waals surface area contributed by atoms with E-state index < -0.39 is 0 Å². The minimum absolute atomic E-state index is 0.00259. The van der Waals surface area contributed by atoms with Crippen LogP contribution in [0, 0.1) is 6.92 Å². The van der Waals surface area contributed by atoms with Gasteiger partial charge >= 0.3 is 0 Å². The van der Waals surface area contributed by atoms with Crippen LogP contribution < -0.4 is 5.32 Å². The number of alkyl halides is 1. The number of hydrogen-bond acceptors (Lipinski definition) is 3. The topological polar surface area (TPSA) is 42.0 Å². The van der Waals surface area contributed by atoms with Crippen LogP contribution in [0.5, 0.6) is 0 Å². The maximum atomic E-state index is 11.8. The van der Waals surface area contributed by atoms with E-state index in [4.69, 9.17) is 0 Å². The predicted octanol–water partition coefficient (Wildman–Crippen LogP) is 2.74. The van der Waals surface area contributed by atoms with E-state index in [-0.39, 0.29) is 11.9 Å². The van der Waals surface area contributed by atoms with E-state index in [1.54, 1.807) is 5.51 Å². The fourth-order valence-corrected chi connectivity index (χ4v) is 2.54. The Hall–Kier alpha value is -0.420. The second-order valence-corrected chi connectivity index (χ2v) is 4.97. The van der Waals surface area contributed by atoms with Gasteiger partial charge in [0.25, 0.3) is 5.91 Å². The third-order valence-electron chi connectivity index (χ3n) is 2.24. The molecule has 84 valence electrons. The van der Waals surface area contributed by atoms with Gasteiger partial charge in [-0.2, -0.15) is 0 Å². The van der Waals surface area contributed by atoms with E-state index in [1.807, 2.05) is 6.92 Å². The van der Waals surface area contributed by atoms with Crippen molar-refractivity contribution in [3.05, 3.63) is 16.1 Å². The molecule has 0 saturated carbocycles. The minimum Gasteiger partial charge on any atom is -0.349 e. The van der Waals surface area contributed by atoms with Crippen LogP contribution >= 0.6 is 27.3 Å². The SMILES string of the molecule is CCC(CCBr)NC(=O)c1scnc1C. The van der Waals surface area contributed by atoms with Crippen molar-refractivity contribution in [3.8, 4) is 0 Å². The van der Waals surface area contributed by atoms with E-state index in [0.29, 0.717) is 0 Å². The number of rotatable bonds is 5. The Morgan fingerprint density at radius 3 is 2.93 bits per heavy atom. The van der Waals surface area contributed by atoms with Crippen LogP contribution in [-0.2, 0) is 0 Å². The lowest BCUT2D eigenvalue weighted by molar-refractivity contribution is 0.0938.